The van der Waals surface area contributed by atoms with Crippen LogP contribution < -0.4 is 0 Å². The molecule has 244 valence electrons. The first-order valence-corrected chi connectivity index (χ1v) is 18.1. The van der Waals surface area contributed by atoms with Crippen LogP contribution in [-0.4, -0.2) is 9.97 Å². The minimum atomic E-state index is 0.220. The maximum atomic E-state index is 6.31. The van der Waals surface area contributed by atoms with Gasteiger partial charge in [-0.25, -0.2) is 0 Å². The lowest BCUT2D eigenvalue weighted by molar-refractivity contribution is 0.668. The van der Waals surface area contributed by atoms with E-state index in [4.69, 9.17) is 4.42 Å². The summed E-state index contributed by atoms with van der Waals surface area (Å²) < 4.78 is 7.61. The zero-order valence-electron chi connectivity index (χ0n) is 28.4. The van der Waals surface area contributed by atoms with Crippen LogP contribution in [0.25, 0.3) is 82.9 Å². The number of hydrogen-bond acceptors (Lipinski definition) is 4. The van der Waals surface area contributed by atoms with Gasteiger partial charge in [-0.3, -0.25) is 9.97 Å². The molecule has 0 saturated heterocycles. The number of fused-ring (bicyclic) bond motifs is 4. The van der Waals surface area contributed by atoms with Crippen molar-refractivity contribution in [1.29, 1.82) is 0 Å². The molecule has 0 bridgehead atoms. The zero-order valence-corrected chi connectivity index (χ0v) is 29.2. The van der Waals surface area contributed by atoms with Gasteiger partial charge >= 0.3 is 0 Å². The lowest BCUT2D eigenvalue weighted by atomic mass is 9.95. The van der Waals surface area contributed by atoms with Gasteiger partial charge in [0, 0.05) is 43.9 Å². The summed E-state index contributed by atoms with van der Waals surface area (Å²) in [5, 5.41) is 3.56. The molecule has 0 aliphatic heterocycles. The van der Waals surface area contributed by atoms with Crippen molar-refractivity contribution in [2.45, 2.75) is 19.8 Å². The van der Waals surface area contributed by atoms with Crippen LogP contribution in [0.5, 0.6) is 0 Å². The molecule has 1 unspecified atom stereocenters. The molecule has 4 aromatic heterocycles. The Hall–Kier alpha value is -6.10. The number of aryl methyl sites for hydroxylation is 1. The van der Waals surface area contributed by atoms with E-state index in [1.54, 1.807) is 0 Å². The molecule has 1 atom stereocenters. The largest absolute Gasteiger partial charge is 0.456 e. The monoisotopic (exact) mass is 674 g/mol. The third-order valence-corrected chi connectivity index (χ3v) is 11.1. The van der Waals surface area contributed by atoms with E-state index in [-0.39, 0.29) is 5.92 Å². The van der Waals surface area contributed by atoms with Gasteiger partial charge in [-0.15, -0.1) is 11.3 Å². The van der Waals surface area contributed by atoms with Crippen molar-refractivity contribution in [3.63, 3.8) is 0 Å². The smallest absolute Gasteiger partial charge is 0.135 e. The van der Waals surface area contributed by atoms with E-state index < -0.39 is 0 Å². The number of pyridine rings is 2. The highest BCUT2D eigenvalue weighted by molar-refractivity contribution is 7.20. The topological polar surface area (TPSA) is 38.9 Å². The number of thiophene rings is 1. The summed E-state index contributed by atoms with van der Waals surface area (Å²) in [6.07, 6.45) is 8.33. The number of hydrogen-bond donors (Lipinski definition) is 0. The van der Waals surface area contributed by atoms with Gasteiger partial charge in [-0.1, -0.05) is 91.9 Å². The Morgan fingerprint density at radius 3 is 1.75 bits per heavy atom. The average molecular weight is 675 g/mol. The van der Waals surface area contributed by atoms with Gasteiger partial charge in [0.25, 0.3) is 0 Å². The van der Waals surface area contributed by atoms with Gasteiger partial charge in [0.15, 0.2) is 0 Å². The molecule has 0 saturated carbocycles. The molecule has 0 aliphatic carbocycles. The predicted octanol–water partition coefficient (Wildman–Crippen LogP) is 13.4. The second-order valence-electron chi connectivity index (χ2n) is 13.0. The summed E-state index contributed by atoms with van der Waals surface area (Å²) in [5.74, 6) is 0.220. The zero-order chi connectivity index (χ0) is 34.3. The molecule has 0 radical (unpaired) electrons. The molecule has 5 aromatic carbocycles. The fraction of sp³-hybridized carbons (Fsp3) is 0.0638. The van der Waals surface area contributed by atoms with Gasteiger partial charge in [0.2, 0.25) is 0 Å². The lowest BCUT2D eigenvalue weighted by Crippen LogP contribution is -1.89. The summed E-state index contributed by atoms with van der Waals surface area (Å²) in [5.41, 5.74) is 13.3. The highest BCUT2D eigenvalue weighted by Gasteiger charge is 2.15. The van der Waals surface area contributed by atoms with Crippen molar-refractivity contribution < 1.29 is 4.42 Å². The number of nitrogens with zero attached hydrogens (tertiary/aromatic N) is 2. The minimum Gasteiger partial charge on any atom is -0.456 e. The van der Waals surface area contributed by atoms with E-state index in [0.29, 0.717) is 0 Å². The molecule has 4 heteroatoms. The molecule has 0 spiro atoms. The minimum absolute atomic E-state index is 0.220. The van der Waals surface area contributed by atoms with Crippen molar-refractivity contribution in [3.05, 3.63) is 174 Å². The third-order valence-electron chi connectivity index (χ3n) is 9.89. The SMILES string of the molecule is Cc1c(/C=C\C(C)c2ccc3oc4ccc(-c5ccccc5-c5ccccn5)cc4c3c2)sc2ccc(-c3ccccc3-c3ccccn3)cc12. The Balaban J connectivity index is 1.03. The van der Waals surface area contributed by atoms with Gasteiger partial charge in [-0.2, -0.15) is 0 Å². The van der Waals surface area contributed by atoms with E-state index in [1.807, 2.05) is 48.0 Å². The predicted molar refractivity (Wildman–Crippen MR) is 215 cm³/mol. The number of furan rings is 1. The molecule has 0 fully saturated rings. The Morgan fingerprint density at radius 2 is 1.12 bits per heavy atom. The number of benzene rings is 5. The molecule has 9 aromatic rings. The van der Waals surface area contributed by atoms with E-state index in [9.17, 15) is 0 Å². The summed E-state index contributed by atoms with van der Waals surface area (Å²) in [4.78, 5) is 10.5. The first-order valence-electron chi connectivity index (χ1n) is 17.3. The Morgan fingerprint density at radius 1 is 0.569 bits per heavy atom. The van der Waals surface area contributed by atoms with Crippen LogP contribution in [0.2, 0.25) is 0 Å². The Kier molecular flexibility index (Phi) is 7.87. The second kappa shape index (κ2) is 13.0. The first kappa shape index (κ1) is 30.9. The van der Waals surface area contributed by atoms with Crippen LogP contribution in [-0.2, 0) is 0 Å². The summed E-state index contributed by atoms with van der Waals surface area (Å²) in [6.45, 7) is 4.51. The van der Waals surface area contributed by atoms with Crippen molar-refractivity contribution in [1.82, 2.24) is 9.97 Å². The standard InChI is InChI=1S/C47H34N2OS/c1-30(17-23-46-31(2)39-28-34(20-24-47(39)51-46)36-12-4-6-14-38(36)43-16-8-10-26-49-43)32-18-21-44-40(27-32)41-29-33(19-22-45(41)50-44)35-11-3-5-13-37(35)42-15-7-9-25-48-42/h3-30H,1-2H3/b23-17-. The summed E-state index contributed by atoms with van der Waals surface area (Å²) in [6, 6.07) is 49.1. The van der Waals surface area contributed by atoms with Crippen LogP contribution >= 0.6 is 11.3 Å². The van der Waals surface area contributed by atoms with Gasteiger partial charge in [0.1, 0.15) is 11.2 Å². The summed E-state index contributed by atoms with van der Waals surface area (Å²) >= 11 is 1.85. The second-order valence-corrected chi connectivity index (χ2v) is 14.1. The molecule has 51 heavy (non-hydrogen) atoms. The lowest BCUT2D eigenvalue weighted by Gasteiger charge is -2.10. The molecule has 9 rings (SSSR count). The van der Waals surface area contributed by atoms with Crippen LogP contribution in [0.3, 0.4) is 0 Å². The Bertz CT molecular complexity index is 2720. The summed E-state index contributed by atoms with van der Waals surface area (Å²) in [7, 11) is 0. The molecule has 3 nitrogen and oxygen atoms in total. The van der Waals surface area contributed by atoms with E-state index >= 15 is 0 Å². The molecule has 0 N–H and O–H groups in total. The van der Waals surface area contributed by atoms with Crippen molar-refractivity contribution in [3.8, 4) is 44.8 Å². The highest BCUT2D eigenvalue weighted by atomic mass is 32.1. The van der Waals surface area contributed by atoms with Crippen molar-refractivity contribution in [2.24, 2.45) is 0 Å². The van der Waals surface area contributed by atoms with E-state index in [1.165, 1.54) is 37.2 Å². The number of rotatable bonds is 7. The number of aromatic nitrogens is 2. The van der Waals surface area contributed by atoms with Crippen molar-refractivity contribution >= 4 is 49.4 Å². The maximum absolute atomic E-state index is 6.31. The first-order chi connectivity index (χ1) is 25.1. The molecular formula is C47H34N2OS. The van der Waals surface area contributed by atoms with Crippen LogP contribution in [0.4, 0.5) is 0 Å². The maximum Gasteiger partial charge on any atom is 0.135 e. The molecule has 0 amide bonds. The van der Waals surface area contributed by atoms with E-state index in [2.05, 4.69) is 151 Å². The number of allylic oxidation sites excluding steroid dienone is 1. The average Bonchev–Trinajstić information content (AvgIpc) is 3.73. The molecule has 4 heterocycles. The highest BCUT2D eigenvalue weighted by Crippen LogP contribution is 2.39. The van der Waals surface area contributed by atoms with E-state index in [0.717, 1.165) is 55.6 Å². The normalized spacial score (nSPS) is 12.4. The third kappa shape index (κ3) is 5.74. The van der Waals surface area contributed by atoms with Gasteiger partial charge < -0.3 is 4.42 Å². The van der Waals surface area contributed by atoms with Gasteiger partial charge in [0.05, 0.1) is 11.4 Å². The van der Waals surface area contributed by atoms with Crippen LogP contribution in [0, 0.1) is 6.92 Å². The Labute approximate surface area is 301 Å². The van der Waals surface area contributed by atoms with Crippen LogP contribution in [0.1, 0.15) is 28.8 Å². The fourth-order valence-electron chi connectivity index (χ4n) is 7.12. The molecular weight excluding hydrogens is 641 g/mol. The quantitative estimate of drug-likeness (QED) is 0.169. The van der Waals surface area contributed by atoms with Crippen molar-refractivity contribution in [2.75, 3.05) is 0 Å². The fourth-order valence-corrected chi connectivity index (χ4v) is 8.22. The van der Waals surface area contributed by atoms with Gasteiger partial charge in [-0.05, 0) is 118 Å². The molecule has 0 aliphatic rings. The van der Waals surface area contributed by atoms with Crippen LogP contribution in [0.15, 0.2) is 162 Å².